The first-order valence-electron chi connectivity index (χ1n) is 5.84. The molecule has 0 saturated carbocycles. The summed E-state index contributed by atoms with van der Waals surface area (Å²) in [7, 11) is 0. The monoisotopic (exact) mass is 273 g/mol. The largest absolute Gasteiger partial charge is 0.368 e. The van der Waals surface area contributed by atoms with Crippen molar-refractivity contribution in [3.05, 3.63) is 23.0 Å². The second kappa shape index (κ2) is 5.01. The molecule has 0 radical (unpaired) electrons. The molecular weight excluding hydrogens is 257 g/mol. The molecule has 5 heteroatoms. The minimum atomic E-state index is 0. The van der Waals surface area contributed by atoms with Gasteiger partial charge in [0.15, 0.2) is 0 Å². The molecule has 0 spiro atoms. The third-order valence-corrected chi connectivity index (χ3v) is 4.12. The first-order chi connectivity index (χ1) is 7.74. The molecule has 3 heterocycles. The van der Waals surface area contributed by atoms with Crippen LogP contribution in [0.4, 0.5) is 5.69 Å². The van der Waals surface area contributed by atoms with Gasteiger partial charge in [-0.15, -0.1) is 12.4 Å². The fourth-order valence-electron chi connectivity index (χ4n) is 2.78. The Morgan fingerprint density at radius 1 is 1.47 bits per heavy atom. The van der Waals surface area contributed by atoms with E-state index in [0.29, 0.717) is 11.2 Å². The normalized spacial score (nSPS) is 26.8. The lowest BCUT2D eigenvalue weighted by atomic mass is 10.1. The van der Waals surface area contributed by atoms with E-state index in [2.05, 4.69) is 21.3 Å². The number of nitrogens with zero attached hydrogens (tertiary/aromatic N) is 2. The van der Waals surface area contributed by atoms with Crippen LogP contribution in [0.25, 0.3) is 0 Å². The zero-order valence-electron chi connectivity index (χ0n) is 9.82. The molecule has 0 aromatic carbocycles. The van der Waals surface area contributed by atoms with Gasteiger partial charge in [-0.1, -0.05) is 11.6 Å². The number of anilines is 1. The van der Waals surface area contributed by atoms with Gasteiger partial charge in [-0.3, -0.25) is 0 Å². The van der Waals surface area contributed by atoms with Crippen molar-refractivity contribution in [1.82, 2.24) is 10.3 Å². The molecule has 2 aliphatic rings. The number of pyridine rings is 1. The molecule has 0 unspecified atom stereocenters. The van der Waals surface area contributed by atoms with E-state index in [0.717, 1.165) is 24.6 Å². The summed E-state index contributed by atoms with van der Waals surface area (Å²) in [4.78, 5) is 6.64. The van der Waals surface area contributed by atoms with Crippen molar-refractivity contribution in [2.75, 3.05) is 24.5 Å². The van der Waals surface area contributed by atoms with E-state index in [1.54, 1.807) is 0 Å². The molecule has 0 aliphatic carbocycles. The predicted molar refractivity (Wildman–Crippen MR) is 73.3 cm³/mol. The molecular formula is C12H17Cl2N3. The van der Waals surface area contributed by atoms with Crippen LogP contribution in [0, 0.1) is 12.8 Å². The van der Waals surface area contributed by atoms with Gasteiger partial charge in [0.05, 0.1) is 11.9 Å². The van der Waals surface area contributed by atoms with Gasteiger partial charge in [0.25, 0.3) is 0 Å². The van der Waals surface area contributed by atoms with Crippen molar-refractivity contribution in [2.45, 2.75) is 19.4 Å². The number of rotatable bonds is 1. The molecule has 1 aromatic heterocycles. The summed E-state index contributed by atoms with van der Waals surface area (Å²) in [6, 6.07) is 2.81. The van der Waals surface area contributed by atoms with E-state index in [-0.39, 0.29) is 12.4 Å². The van der Waals surface area contributed by atoms with E-state index in [1.807, 2.05) is 13.1 Å². The standard InChI is InChI=1S/C12H16ClN3.ClH/c1-8-4-10(5-15-12(8)13)16-6-9-2-3-14-11(9)7-16;/h4-5,9,11,14H,2-3,6-7H2,1H3;1H/t9-,11+;/m0./s1. The van der Waals surface area contributed by atoms with Crippen molar-refractivity contribution in [1.29, 1.82) is 0 Å². The molecule has 17 heavy (non-hydrogen) atoms. The van der Waals surface area contributed by atoms with Crippen LogP contribution in [0.3, 0.4) is 0 Å². The Kier molecular flexibility index (Phi) is 3.81. The number of aryl methyl sites for hydroxylation is 1. The van der Waals surface area contributed by atoms with Crippen LogP contribution in [0.1, 0.15) is 12.0 Å². The number of halogens is 2. The Bertz CT molecular complexity index is 399. The lowest BCUT2D eigenvalue weighted by Gasteiger charge is -2.19. The van der Waals surface area contributed by atoms with Gasteiger partial charge in [-0.25, -0.2) is 4.98 Å². The smallest absolute Gasteiger partial charge is 0.132 e. The fourth-order valence-corrected chi connectivity index (χ4v) is 2.88. The molecule has 2 aliphatic heterocycles. The summed E-state index contributed by atoms with van der Waals surface area (Å²) in [5.41, 5.74) is 2.27. The molecule has 2 saturated heterocycles. The van der Waals surface area contributed by atoms with Gasteiger partial charge < -0.3 is 10.2 Å². The number of hydrogen-bond acceptors (Lipinski definition) is 3. The first-order valence-corrected chi connectivity index (χ1v) is 6.22. The second-order valence-corrected chi connectivity index (χ2v) is 5.17. The minimum absolute atomic E-state index is 0. The minimum Gasteiger partial charge on any atom is -0.368 e. The number of aromatic nitrogens is 1. The number of fused-ring (bicyclic) bond motifs is 1. The highest BCUT2D eigenvalue weighted by atomic mass is 35.5. The molecule has 1 N–H and O–H groups in total. The molecule has 1 aromatic rings. The quantitative estimate of drug-likeness (QED) is 0.796. The highest BCUT2D eigenvalue weighted by Crippen LogP contribution is 2.29. The van der Waals surface area contributed by atoms with Crippen LogP contribution in [0.2, 0.25) is 5.15 Å². The Hall–Kier alpha value is -0.510. The van der Waals surface area contributed by atoms with Crippen molar-refractivity contribution >= 4 is 29.7 Å². The molecule has 3 nitrogen and oxygen atoms in total. The summed E-state index contributed by atoms with van der Waals surface area (Å²) in [5.74, 6) is 0.816. The van der Waals surface area contributed by atoms with E-state index < -0.39 is 0 Å². The Morgan fingerprint density at radius 3 is 3.00 bits per heavy atom. The highest BCUT2D eigenvalue weighted by molar-refractivity contribution is 6.30. The molecule has 0 amide bonds. The highest BCUT2D eigenvalue weighted by Gasteiger charge is 2.35. The molecule has 3 rings (SSSR count). The maximum Gasteiger partial charge on any atom is 0.132 e. The molecule has 2 fully saturated rings. The summed E-state index contributed by atoms with van der Waals surface area (Å²) in [6.45, 7) is 5.45. The lowest BCUT2D eigenvalue weighted by molar-refractivity contribution is 0.556. The van der Waals surface area contributed by atoms with Crippen molar-refractivity contribution in [2.24, 2.45) is 5.92 Å². The van der Waals surface area contributed by atoms with Gasteiger partial charge in [-0.05, 0) is 37.4 Å². The van der Waals surface area contributed by atoms with Crippen LogP contribution >= 0.6 is 24.0 Å². The van der Waals surface area contributed by atoms with Gasteiger partial charge in [0.2, 0.25) is 0 Å². The molecule has 0 bridgehead atoms. The van der Waals surface area contributed by atoms with E-state index >= 15 is 0 Å². The van der Waals surface area contributed by atoms with Crippen LogP contribution in [-0.4, -0.2) is 30.7 Å². The topological polar surface area (TPSA) is 28.2 Å². The zero-order valence-corrected chi connectivity index (χ0v) is 11.4. The van der Waals surface area contributed by atoms with Crippen LogP contribution in [0.15, 0.2) is 12.3 Å². The SMILES string of the molecule is Cc1cc(N2C[C@@H]3CCN[C@@H]3C2)cnc1Cl.Cl. The fraction of sp³-hybridized carbons (Fsp3) is 0.583. The first kappa shape index (κ1) is 12.9. The third-order valence-electron chi connectivity index (χ3n) is 3.73. The summed E-state index contributed by atoms with van der Waals surface area (Å²) in [6.07, 6.45) is 3.19. The predicted octanol–water partition coefficient (Wildman–Crippen LogP) is 2.26. The van der Waals surface area contributed by atoms with Crippen LogP contribution in [-0.2, 0) is 0 Å². The number of hydrogen-bond donors (Lipinski definition) is 1. The maximum absolute atomic E-state index is 5.94. The lowest BCUT2D eigenvalue weighted by Crippen LogP contribution is -2.30. The zero-order chi connectivity index (χ0) is 11.1. The summed E-state index contributed by atoms with van der Waals surface area (Å²) in [5, 5.41) is 4.17. The number of nitrogens with one attached hydrogen (secondary N) is 1. The Morgan fingerprint density at radius 2 is 2.29 bits per heavy atom. The van der Waals surface area contributed by atoms with Gasteiger partial charge in [0, 0.05) is 19.1 Å². The Balaban J connectivity index is 0.00000108. The van der Waals surface area contributed by atoms with E-state index in [4.69, 9.17) is 11.6 Å². The van der Waals surface area contributed by atoms with Crippen LogP contribution < -0.4 is 10.2 Å². The molecule has 94 valence electrons. The summed E-state index contributed by atoms with van der Waals surface area (Å²) < 4.78 is 0. The van der Waals surface area contributed by atoms with E-state index in [1.165, 1.54) is 18.7 Å². The van der Waals surface area contributed by atoms with Gasteiger partial charge >= 0.3 is 0 Å². The summed E-state index contributed by atoms with van der Waals surface area (Å²) >= 11 is 5.94. The average Bonchev–Trinajstić information content (AvgIpc) is 2.81. The average molecular weight is 274 g/mol. The Labute approximate surface area is 113 Å². The third kappa shape index (κ3) is 2.37. The second-order valence-electron chi connectivity index (χ2n) is 4.82. The molecule has 2 atom stereocenters. The van der Waals surface area contributed by atoms with Crippen molar-refractivity contribution in [3.8, 4) is 0 Å². The van der Waals surface area contributed by atoms with Crippen molar-refractivity contribution in [3.63, 3.8) is 0 Å². The maximum atomic E-state index is 5.94. The van der Waals surface area contributed by atoms with Gasteiger partial charge in [0.1, 0.15) is 5.15 Å². The van der Waals surface area contributed by atoms with Gasteiger partial charge in [-0.2, -0.15) is 0 Å². The van der Waals surface area contributed by atoms with Crippen LogP contribution in [0.5, 0.6) is 0 Å². The van der Waals surface area contributed by atoms with Crippen molar-refractivity contribution < 1.29 is 0 Å². The van der Waals surface area contributed by atoms with E-state index in [9.17, 15) is 0 Å².